The van der Waals surface area contributed by atoms with Crippen LogP contribution in [-0.2, 0) is 11.3 Å². The summed E-state index contributed by atoms with van der Waals surface area (Å²) in [7, 11) is 0. The third-order valence-electron chi connectivity index (χ3n) is 3.78. The highest BCUT2D eigenvalue weighted by Crippen LogP contribution is 2.13. The Hall–Kier alpha value is -1.39. The minimum absolute atomic E-state index is 0.102. The summed E-state index contributed by atoms with van der Waals surface area (Å²) in [5, 5.41) is 6.31. The standard InChI is InChI=1S/C17H27N3O/c1-14(2)10-19-17(21)11-18-16-8-9-20(13-16)12-15-6-4-3-5-7-15/h3-7,14,16,18H,8-13H2,1-2H3,(H,19,21). The molecule has 0 aromatic heterocycles. The number of nitrogens with one attached hydrogen (secondary N) is 2. The number of likely N-dealkylation sites (tertiary alicyclic amines) is 1. The van der Waals surface area contributed by atoms with E-state index in [0.717, 1.165) is 32.6 Å². The highest BCUT2D eigenvalue weighted by molar-refractivity contribution is 5.78. The average molecular weight is 289 g/mol. The fourth-order valence-electron chi connectivity index (χ4n) is 2.60. The maximum Gasteiger partial charge on any atom is 0.233 e. The van der Waals surface area contributed by atoms with Crippen molar-refractivity contribution in [3.05, 3.63) is 35.9 Å². The van der Waals surface area contributed by atoms with Crippen molar-refractivity contribution in [3.63, 3.8) is 0 Å². The van der Waals surface area contributed by atoms with Gasteiger partial charge in [0.15, 0.2) is 0 Å². The van der Waals surface area contributed by atoms with E-state index in [1.54, 1.807) is 0 Å². The highest BCUT2D eigenvalue weighted by Gasteiger charge is 2.22. The smallest absolute Gasteiger partial charge is 0.233 e. The van der Waals surface area contributed by atoms with Crippen LogP contribution in [0, 0.1) is 5.92 Å². The van der Waals surface area contributed by atoms with Crippen LogP contribution in [0.2, 0.25) is 0 Å². The number of hydrogen-bond donors (Lipinski definition) is 2. The van der Waals surface area contributed by atoms with E-state index < -0.39 is 0 Å². The molecule has 1 unspecified atom stereocenters. The van der Waals surface area contributed by atoms with Gasteiger partial charge >= 0.3 is 0 Å². The molecule has 0 bridgehead atoms. The van der Waals surface area contributed by atoms with Crippen LogP contribution in [0.4, 0.5) is 0 Å². The molecule has 0 saturated carbocycles. The summed E-state index contributed by atoms with van der Waals surface area (Å²) in [6.45, 7) is 8.51. The second-order valence-corrected chi connectivity index (χ2v) is 6.29. The van der Waals surface area contributed by atoms with Gasteiger partial charge in [0, 0.05) is 32.2 Å². The summed E-state index contributed by atoms with van der Waals surface area (Å²) in [6, 6.07) is 11.0. The molecule has 1 saturated heterocycles. The first-order valence-electron chi connectivity index (χ1n) is 7.90. The third kappa shape index (κ3) is 5.86. The van der Waals surface area contributed by atoms with Crippen LogP contribution in [-0.4, -0.2) is 43.0 Å². The van der Waals surface area contributed by atoms with E-state index in [9.17, 15) is 4.79 Å². The van der Waals surface area contributed by atoms with Crippen LogP contribution >= 0.6 is 0 Å². The second kappa shape index (κ2) is 8.15. The molecule has 1 atom stereocenters. The number of amides is 1. The molecular formula is C17H27N3O. The van der Waals surface area contributed by atoms with Crippen LogP contribution in [0.3, 0.4) is 0 Å². The lowest BCUT2D eigenvalue weighted by molar-refractivity contribution is -0.120. The van der Waals surface area contributed by atoms with Gasteiger partial charge in [0.05, 0.1) is 6.54 Å². The van der Waals surface area contributed by atoms with Crippen molar-refractivity contribution >= 4 is 5.91 Å². The Balaban J connectivity index is 1.65. The largest absolute Gasteiger partial charge is 0.355 e. The number of carbonyl (C=O) groups is 1. The minimum Gasteiger partial charge on any atom is -0.355 e. The number of rotatable bonds is 7. The Morgan fingerprint density at radius 3 is 2.81 bits per heavy atom. The maximum absolute atomic E-state index is 11.7. The van der Waals surface area contributed by atoms with E-state index in [4.69, 9.17) is 0 Å². The van der Waals surface area contributed by atoms with E-state index in [1.807, 2.05) is 6.07 Å². The predicted octanol–water partition coefficient (Wildman–Crippen LogP) is 1.62. The zero-order chi connectivity index (χ0) is 15.1. The lowest BCUT2D eigenvalue weighted by Gasteiger charge is -2.17. The van der Waals surface area contributed by atoms with Crippen molar-refractivity contribution in [3.8, 4) is 0 Å². The number of carbonyl (C=O) groups excluding carboxylic acids is 1. The summed E-state index contributed by atoms with van der Waals surface area (Å²) in [5.74, 6) is 0.604. The molecule has 1 aliphatic rings. The van der Waals surface area contributed by atoms with Gasteiger partial charge in [0.2, 0.25) is 5.91 Å². The van der Waals surface area contributed by atoms with Gasteiger partial charge in [-0.3, -0.25) is 9.69 Å². The first-order chi connectivity index (χ1) is 10.1. The van der Waals surface area contributed by atoms with Crippen molar-refractivity contribution < 1.29 is 4.79 Å². The SMILES string of the molecule is CC(C)CNC(=O)CNC1CCN(Cc2ccccc2)C1. The zero-order valence-corrected chi connectivity index (χ0v) is 13.1. The summed E-state index contributed by atoms with van der Waals surface area (Å²) in [6.07, 6.45) is 1.12. The van der Waals surface area contributed by atoms with Gasteiger partial charge in [0.1, 0.15) is 0 Å². The van der Waals surface area contributed by atoms with Crippen molar-refractivity contribution in [1.82, 2.24) is 15.5 Å². The Morgan fingerprint density at radius 2 is 2.10 bits per heavy atom. The van der Waals surface area contributed by atoms with Crippen LogP contribution in [0.25, 0.3) is 0 Å². The molecule has 21 heavy (non-hydrogen) atoms. The van der Waals surface area contributed by atoms with Crippen LogP contribution < -0.4 is 10.6 Å². The summed E-state index contributed by atoms with van der Waals surface area (Å²) in [5.41, 5.74) is 1.35. The van der Waals surface area contributed by atoms with E-state index in [1.165, 1.54) is 5.56 Å². The number of nitrogens with zero attached hydrogens (tertiary/aromatic N) is 1. The molecule has 1 fully saturated rings. The molecule has 116 valence electrons. The van der Waals surface area contributed by atoms with E-state index in [0.29, 0.717) is 18.5 Å². The summed E-state index contributed by atoms with van der Waals surface area (Å²) < 4.78 is 0. The molecule has 0 spiro atoms. The number of hydrogen-bond acceptors (Lipinski definition) is 3. The molecule has 1 aromatic carbocycles. The van der Waals surface area contributed by atoms with Crippen LogP contribution in [0.1, 0.15) is 25.8 Å². The Morgan fingerprint density at radius 1 is 1.33 bits per heavy atom. The van der Waals surface area contributed by atoms with Crippen molar-refractivity contribution in [2.24, 2.45) is 5.92 Å². The fraction of sp³-hybridized carbons (Fsp3) is 0.588. The fourth-order valence-corrected chi connectivity index (χ4v) is 2.60. The Bertz CT molecular complexity index is 433. The van der Waals surface area contributed by atoms with Gasteiger partial charge in [-0.25, -0.2) is 0 Å². The second-order valence-electron chi connectivity index (χ2n) is 6.29. The molecule has 1 aromatic rings. The van der Waals surface area contributed by atoms with Gasteiger partial charge in [-0.2, -0.15) is 0 Å². The normalized spacial score (nSPS) is 19.1. The Labute approximate surface area is 127 Å². The summed E-state index contributed by atoms with van der Waals surface area (Å²) in [4.78, 5) is 14.1. The maximum atomic E-state index is 11.7. The van der Waals surface area contributed by atoms with Gasteiger partial charge < -0.3 is 10.6 Å². The molecule has 0 radical (unpaired) electrons. The molecule has 0 aliphatic carbocycles. The Kier molecular flexibility index (Phi) is 6.21. The first kappa shape index (κ1) is 16.0. The molecular weight excluding hydrogens is 262 g/mol. The highest BCUT2D eigenvalue weighted by atomic mass is 16.1. The molecule has 2 rings (SSSR count). The quantitative estimate of drug-likeness (QED) is 0.802. The van der Waals surface area contributed by atoms with Gasteiger partial charge in [-0.05, 0) is 17.9 Å². The lowest BCUT2D eigenvalue weighted by Crippen LogP contribution is -2.41. The van der Waals surface area contributed by atoms with Crippen molar-refractivity contribution in [2.75, 3.05) is 26.2 Å². The third-order valence-corrected chi connectivity index (χ3v) is 3.78. The van der Waals surface area contributed by atoms with Crippen LogP contribution in [0.15, 0.2) is 30.3 Å². The first-order valence-corrected chi connectivity index (χ1v) is 7.90. The van der Waals surface area contributed by atoms with E-state index in [2.05, 4.69) is 53.6 Å². The molecule has 4 nitrogen and oxygen atoms in total. The molecule has 1 amide bonds. The monoisotopic (exact) mass is 289 g/mol. The zero-order valence-electron chi connectivity index (χ0n) is 13.1. The predicted molar refractivity (Wildman–Crippen MR) is 86.0 cm³/mol. The minimum atomic E-state index is 0.102. The van der Waals surface area contributed by atoms with Gasteiger partial charge in [-0.15, -0.1) is 0 Å². The van der Waals surface area contributed by atoms with Gasteiger partial charge in [-0.1, -0.05) is 44.2 Å². The van der Waals surface area contributed by atoms with Crippen LogP contribution in [0.5, 0.6) is 0 Å². The number of benzene rings is 1. The molecule has 1 heterocycles. The van der Waals surface area contributed by atoms with Crippen molar-refractivity contribution in [2.45, 2.75) is 32.9 Å². The lowest BCUT2D eigenvalue weighted by atomic mass is 10.2. The summed E-state index contributed by atoms with van der Waals surface area (Å²) >= 11 is 0. The molecule has 2 N–H and O–H groups in total. The molecule has 4 heteroatoms. The van der Waals surface area contributed by atoms with Crippen molar-refractivity contribution in [1.29, 1.82) is 0 Å². The average Bonchev–Trinajstić information content (AvgIpc) is 2.91. The van der Waals surface area contributed by atoms with E-state index in [-0.39, 0.29) is 5.91 Å². The topological polar surface area (TPSA) is 44.4 Å². The van der Waals surface area contributed by atoms with Gasteiger partial charge in [0.25, 0.3) is 0 Å². The molecule has 1 aliphatic heterocycles. The van der Waals surface area contributed by atoms with E-state index >= 15 is 0 Å².